The zero-order valence-corrected chi connectivity index (χ0v) is 14.9. The van der Waals surface area contributed by atoms with Crippen molar-refractivity contribution in [2.75, 3.05) is 20.2 Å². The van der Waals surface area contributed by atoms with Crippen molar-refractivity contribution < 1.29 is 23.9 Å². The first kappa shape index (κ1) is 17.3. The smallest absolute Gasteiger partial charge is 0.337 e. The number of ketones is 1. The standard InChI is InChI=1S/C21H19NO5/c1-26-20(25)15-8-6-14(7-9-15)19(24)22-11-10-21(13-22)12-17(23)16-4-2-3-5-18(16)27-21/h2-9H,10-13H2,1H3. The van der Waals surface area contributed by atoms with Gasteiger partial charge in [0.15, 0.2) is 5.78 Å². The Morgan fingerprint density at radius 1 is 1.07 bits per heavy atom. The number of likely N-dealkylation sites (tertiary alicyclic amines) is 1. The van der Waals surface area contributed by atoms with E-state index in [9.17, 15) is 14.4 Å². The van der Waals surface area contributed by atoms with Gasteiger partial charge in [0.05, 0.1) is 31.2 Å². The Bertz CT molecular complexity index is 920. The van der Waals surface area contributed by atoms with Gasteiger partial charge < -0.3 is 14.4 Å². The summed E-state index contributed by atoms with van der Waals surface area (Å²) >= 11 is 0. The highest BCUT2D eigenvalue weighted by atomic mass is 16.5. The van der Waals surface area contributed by atoms with Crippen molar-refractivity contribution in [3.63, 3.8) is 0 Å². The van der Waals surface area contributed by atoms with E-state index >= 15 is 0 Å². The van der Waals surface area contributed by atoms with Gasteiger partial charge in [0, 0.05) is 18.5 Å². The molecule has 6 nitrogen and oxygen atoms in total. The number of Topliss-reactive ketones (excluding diaryl/α,β-unsaturated/α-hetero) is 1. The van der Waals surface area contributed by atoms with Gasteiger partial charge in [-0.1, -0.05) is 12.1 Å². The molecule has 1 saturated heterocycles. The number of para-hydroxylation sites is 1. The molecule has 1 amide bonds. The molecule has 2 aromatic rings. The summed E-state index contributed by atoms with van der Waals surface area (Å²) in [7, 11) is 1.31. The molecule has 0 bridgehead atoms. The van der Waals surface area contributed by atoms with E-state index in [2.05, 4.69) is 4.74 Å². The van der Waals surface area contributed by atoms with E-state index in [0.29, 0.717) is 42.0 Å². The summed E-state index contributed by atoms with van der Waals surface area (Å²) in [4.78, 5) is 38.5. The van der Waals surface area contributed by atoms with Gasteiger partial charge in [0.1, 0.15) is 11.4 Å². The van der Waals surface area contributed by atoms with Gasteiger partial charge in [-0.25, -0.2) is 4.79 Å². The molecule has 2 aliphatic rings. The number of ether oxygens (including phenoxy) is 2. The lowest BCUT2D eigenvalue weighted by molar-refractivity contribution is 0.0428. The van der Waals surface area contributed by atoms with Crippen LogP contribution in [0.1, 0.15) is 43.9 Å². The van der Waals surface area contributed by atoms with Crippen LogP contribution in [0.3, 0.4) is 0 Å². The molecular formula is C21H19NO5. The molecule has 1 unspecified atom stereocenters. The summed E-state index contributed by atoms with van der Waals surface area (Å²) in [5.41, 5.74) is 0.825. The lowest BCUT2D eigenvalue weighted by Crippen LogP contribution is -2.45. The van der Waals surface area contributed by atoms with Crippen LogP contribution in [0.4, 0.5) is 0 Å². The fraction of sp³-hybridized carbons (Fsp3) is 0.286. The lowest BCUT2D eigenvalue weighted by atomic mass is 9.89. The highest BCUT2D eigenvalue weighted by molar-refractivity contribution is 6.01. The first-order valence-electron chi connectivity index (χ1n) is 8.80. The Labute approximate surface area is 156 Å². The molecule has 4 rings (SSSR count). The summed E-state index contributed by atoms with van der Waals surface area (Å²) in [5.74, 6) is 0.0548. The molecule has 2 aliphatic heterocycles. The first-order valence-corrected chi connectivity index (χ1v) is 8.80. The molecule has 2 aromatic carbocycles. The zero-order valence-electron chi connectivity index (χ0n) is 14.9. The number of nitrogens with zero attached hydrogens (tertiary/aromatic N) is 1. The van der Waals surface area contributed by atoms with Gasteiger partial charge in [0.25, 0.3) is 5.91 Å². The maximum atomic E-state index is 12.8. The van der Waals surface area contributed by atoms with E-state index in [1.165, 1.54) is 7.11 Å². The third-order valence-electron chi connectivity index (χ3n) is 5.15. The molecule has 0 N–H and O–H groups in total. The average Bonchev–Trinajstić information content (AvgIpc) is 3.09. The van der Waals surface area contributed by atoms with Crippen LogP contribution in [0.2, 0.25) is 0 Å². The minimum atomic E-state index is -0.660. The molecule has 2 heterocycles. The quantitative estimate of drug-likeness (QED) is 0.765. The summed E-state index contributed by atoms with van der Waals surface area (Å²) in [5, 5.41) is 0. The van der Waals surface area contributed by atoms with Crippen LogP contribution < -0.4 is 4.74 Å². The molecule has 0 aromatic heterocycles. The summed E-state index contributed by atoms with van der Waals surface area (Å²) < 4.78 is 10.8. The number of hydrogen-bond acceptors (Lipinski definition) is 5. The van der Waals surface area contributed by atoms with Crippen molar-refractivity contribution >= 4 is 17.7 Å². The van der Waals surface area contributed by atoms with Crippen molar-refractivity contribution in [3.8, 4) is 5.75 Å². The predicted octanol–water partition coefficient (Wildman–Crippen LogP) is 2.72. The largest absolute Gasteiger partial charge is 0.484 e. The second-order valence-corrected chi connectivity index (χ2v) is 6.93. The summed E-state index contributed by atoms with van der Waals surface area (Å²) in [6.07, 6.45) is 0.883. The van der Waals surface area contributed by atoms with Gasteiger partial charge in [0.2, 0.25) is 0 Å². The topological polar surface area (TPSA) is 72.9 Å². The van der Waals surface area contributed by atoms with Crippen LogP contribution in [0.25, 0.3) is 0 Å². The summed E-state index contributed by atoms with van der Waals surface area (Å²) in [6.45, 7) is 0.887. The van der Waals surface area contributed by atoms with Crippen molar-refractivity contribution in [1.82, 2.24) is 4.90 Å². The van der Waals surface area contributed by atoms with Gasteiger partial charge in [-0.15, -0.1) is 0 Å². The second kappa shape index (κ2) is 6.54. The maximum absolute atomic E-state index is 12.8. The van der Waals surface area contributed by atoms with Crippen LogP contribution >= 0.6 is 0 Å². The maximum Gasteiger partial charge on any atom is 0.337 e. The summed E-state index contributed by atoms with van der Waals surface area (Å²) in [6, 6.07) is 13.6. The SMILES string of the molecule is COC(=O)c1ccc(C(=O)N2CCC3(CC(=O)c4ccccc4O3)C2)cc1. The van der Waals surface area contributed by atoms with Crippen molar-refractivity contribution in [2.45, 2.75) is 18.4 Å². The predicted molar refractivity (Wildman–Crippen MR) is 97.1 cm³/mol. The van der Waals surface area contributed by atoms with Crippen molar-refractivity contribution in [1.29, 1.82) is 0 Å². The molecule has 0 saturated carbocycles. The van der Waals surface area contributed by atoms with E-state index in [1.807, 2.05) is 12.1 Å². The highest BCUT2D eigenvalue weighted by Gasteiger charge is 2.47. The normalized spacial score (nSPS) is 20.9. The number of fused-ring (bicyclic) bond motifs is 1. The molecule has 27 heavy (non-hydrogen) atoms. The van der Waals surface area contributed by atoms with E-state index in [-0.39, 0.29) is 18.1 Å². The number of amides is 1. The molecule has 138 valence electrons. The Morgan fingerprint density at radius 2 is 1.78 bits per heavy atom. The fourth-order valence-corrected chi connectivity index (χ4v) is 3.74. The zero-order chi connectivity index (χ0) is 19.0. The molecule has 1 spiro atoms. The molecule has 6 heteroatoms. The van der Waals surface area contributed by atoms with E-state index in [1.54, 1.807) is 41.3 Å². The van der Waals surface area contributed by atoms with Crippen molar-refractivity contribution in [3.05, 3.63) is 65.2 Å². The third kappa shape index (κ3) is 3.07. The van der Waals surface area contributed by atoms with Crippen LogP contribution in [-0.2, 0) is 4.74 Å². The van der Waals surface area contributed by atoms with Crippen LogP contribution in [0.5, 0.6) is 5.75 Å². The number of methoxy groups -OCH3 is 1. The molecule has 0 aliphatic carbocycles. The minimum Gasteiger partial charge on any atom is -0.484 e. The number of esters is 1. The number of rotatable bonds is 2. The lowest BCUT2D eigenvalue weighted by Gasteiger charge is -2.34. The first-order chi connectivity index (χ1) is 13.0. The van der Waals surface area contributed by atoms with Crippen LogP contribution in [-0.4, -0.2) is 48.4 Å². The molecular weight excluding hydrogens is 346 g/mol. The number of hydrogen-bond donors (Lipinski definition) is 0. The second-order valence-electron chi connectivity index (χ2n) is 6.93. The number of carbonyl (C=O) groups excluding carboxylic acids is 3. The minimum absolute atomic E-state index is 0.0496. The fourth-order valence-electron chi connectivity index (χ4n) is 3.74. The Hall–Kier alpha value is -3.15. The van der Waals surface area contributed by atoms with E-state index in [4.69, 9.17) is 4.74 Å². The Kier molecular flexibility index (Phi) is 4.18. The van der Waals surface area contributed by atoms with Crippen LogP contribution in [0.15, 0.2) is 48.5 Å². The Morgan fingerprint density at radius 3 is 2.52 bits per heavy atom. The molecule has 1 fully saturated rings. The van der Waals surface area contributed by atoms with E-state index < -0.39 is 11.6 Å². The monoisotopic (exact) mass is 365 g/mol. The Balaban J connectivity index is 1.50. The number of carbonyl (C=O) groups is 3. The van der Waals surface area contributed by atoms with Gasteiger partial charge >= 0.3 is 5.97 Å². The average molecular weight is 365 g/mol. The van der Waals surface area contributed by atoms with Gasteiger partial charge in [-0.3, -0.25) is 9.59 Å². The third-order valence-corrected chi connectivity index (χ3v) is 5.15. The van der Waals surface area contributed by atoms with Gasteiger partial charge in [-0.2, -0.15) is 0 Å². The van der Waals surface area contributed by atoms with Crippen LogP contribution in [0, 0.1) is 0 Å². The highest BCUT2D eigenvalue weighted by Crippen LogP contribution is 2.38. The number of benzene rings is 2. The molecule has 0 radical (unpaired) electrons. The molecule has 1 atom stereocenters. The van der Waals surface area contributed by atoms with E-state index in [0.717, 1.165) is 0 Å². The van der Waals surface area contributed by atoms with Gasteiger partial charge in [-0.05, 0) is 36.4 Å². The van der Waals surface area contributed by atoms with Crippen molar-refractivity contribution in [2.24, 2.45) is 0 Å².